The summed E-state index contributed by atoms with van der Waals surface area (Å²) in [6.45, 7) is 1.71. The van der Waals surface area contributed by atoms with Gasteiger partial charge in [-0.3, -0.25) is 4.79 Å². The van der Waals surface area contributed by atoms with Gasteiger partial charge in [0.25, 0.3) is 0 Å². The quantitative estimate of drug-likeness (QED) is 0.616. The first-order chi connectivity index (χ1) is 13.9. The summed E-state index contributed by atoms with van der Waals surface area (Å²) in [4.78, 5) is 14.0. The normalized spacial score (nSPS) is 15.3. The lowest BCUT2D eigenvalue weighted by molar-refractivity contribution is -0.132. The first-order valence-electron chi connectivity index (χ1n) is 9.62. The Hall–Kier alpha value is -2.45. The van der Waals surface area contributed by atoms with Crippen LogP contribution in [-0.2, 0) is 20.6 Å². The highest BCUT2D eigenvalue weighted by molar-refractivity contribution is 7.88. The fraction of sp³-hybridized carbons (Fsp3) is 0.381. The van der Waals surface area contributed by atoms with Gasteiger partial charge in [-0.2, -0.15) is 4.31 Å². The third-order valence-corrected chi connectivity index (χ3v) is 6.63. The number of benzene rings is 2. The molecular weight excluding hydrogens is 395 g/mol. The van der Waals surface area contributed by atoms with Crippen LogP contribution in [0.5, 0.6) is 5.75 Å². The molecule has 0 aromatic heterocycles. The van der Waals surface area contributed by atoms with E-state index in [1.807, 2.05) is 18.2 Å². The van der Waals surface area contributed by atoms with Crippen molar-refractivity contribution < 1.29 is 22.3 Å². The molecule has 8 heteroatoms. The highest BCUT2D eigenvalue weighted by Crippen LogP contribution is 2.15. The van der Waals surface area contributed by atoms with Crippen LogP contribution in [-0.4, -0.2) is 56.3 Å². The molecule has 1 heterocycles. The van der Waals surface area contributed by atoms with Crippen LogP contribution in [0.15, 0.2) is 54.6 Å². The molecule has 1 fully saturated rings. The predicted octanol–water partition coefficient (Wildman–Crippen LogP) is 2.66. The van der Waals surface area contributed by atoms with Crippen molar-refractivity contribution in [2.24, 2.45) is 0 Å². The van der Waals surface area contributed by atoms with Gasteiger partial charge in [-0.05, 0) is 24.1 Å². The number of piperazine rings is 1. The topological polar surface area (TPSA) is 66.9 Å². The van der Waals surface area contributed by atoms with Gasteiger partial charge in [0.2, 0.25) is 15.9 Å². The van der Waals surface area contributed by atoms with Gasteiger partial charge in [-0.25, -0.2) is 12.8 Å². The summed E-state index contributed by atoms with van der Waals surface area (Å²) in [5.74, 6) is 0.0282. The Kier molecular flexibility index (Phi) is 7.22. The SMILES string of the molecule is O=C(CCCOc1cccc(F)c1)N1CCN(S(=O)(=O)Cc2ccccc2)CC1. The molecule has 0 unspecified atom stereocenters. The van der Waals surface area contributed by atoms with E-state index in [0.29, 0.717) is 51.4 Å². The van der Waals surface area contributed by atoms with Gasteiger partial charge in [0, 0.05) is 38.7 Å². The van der Waals surface area contributed by atoms with E-state index in [1.165, 1.54) is 16.4 Å². The molecule has 0 saturated carbocycles. The van der Waals surface area contributed by atoms with Gasteiger partial charge in [0.05, 0.1) is 12.4 Å². The molecule has 1 aliphatic rings. The van der Waals surface area contributed by atoms with Crippen molar-refractivity contribution in [1.29, 1.82) is 0 Å². The number of halogens is 1. The number of ether oxygens (including phenoxy) is 1. The van der Waals surface area contributed by atoms with Crippen molar-refractivity contribution in [3.63, 3.8) is 0 Å². The highest BCUT2D eigenvalue weighted by atomic mass is 32.2. The van der Waals surface area contributed by atoms with E-state index in [4.69, 9.17) is 4.74 Å². The van der Waals surface area contributed by atoms with Crippen molar-refractivity contribution in [3.05, 3.63) is 66.0 Å². The Labute approximate surface area is 170 Å². The zero-order chi connectivity index (χ0) is 20.7. The maximum absolute atomic E-state index is 13.1. The Balaban J connectivity index is 1.40. The molecule has 1 amide bonds. The molecule has 2 aromatic carbocycles. The first-order valence-corrected chi connectivity index (χ1v) is 11.2. The van der Waals surface area contributed by atoms with E-state index in [-0.39, 0.29) is 17.5 Å². The number of carbonyl (C=O) groups excluding carboxylic acids is 1. The summed E-state index contributed by atoms with van der Waals surface area (Å²) < 4.78 is 45.2. The van der Waals surface area contributed by atoms with Crippen LogP contribution < -0.4 is 4.74 Å². The van der Waals surface area contributed by atoms with Crippen molar-refractivity contribution in [2.75, 3.05) is 32.8 Å². The van der Waals surface area contributed by atoms with Crippen molar-refractivity contribution in [1.82, 2.24) is 9.21 Å². The third kappa shape index (κ3) is 6.27. The van der Waals surface area contributed by atoms with Crippen LogP contribution in [0, 0.1) is 5.82 Å². The van der Waals surface area contributed by atoms with Crippen LogP contribution in [0.1, 0.15) is 18.4 Å². The second-order valence-electron chi connectivity index (χ2n) is 6.93. The molecular formula is C21H25FN2O4S. The van der Waals surface area contributed by atoms with Crippen molar-refractivity contribution >= 4 is 15.9 Å². The van der Waals surface area contributed by atoms with Crippen LogP contribution in [0.3, 0.4) is 0 Å². The Morgan fingerprint density at radius 2 is 1.72 bits per heavy atom. The molecule has 0 atom stereocenters. The van der Waals surface area contributed by atoms with E-state index >= 15 is 0 Å². The molecule has 29 heavy (non-hydrogen) atoms. The maximum Gasteiger partial charge on any atom is 0.222 e. The highest BCUT2D eigenvalue weighted by Gasteiger charge is 2.28. The average molecular weight is 421 g/mol. The number of nitrogens with zero attached hydrogens (tertiary/aromatic N) is 2. The summed E-state index contributed by atoms with van der Waals surface area (Å²) in [5, 5.41) is 0. The van der Waals surface area contributed by atoms with Crippen molar-refractivity contribution in [3.8, 4) is 5.75 Å². The minimum atomic E-state index is -3.40. The van der Waals surface area contributed by atoms with Crippen LogP contribution in [0.4, 0.5) is 4.39 Å². The van der Waals surface area contributed by atoms with Gasteiger partial charge >= 0.3 is 0 Å². The van der Waals surface area contributed by atoms with Crippen LogP contribution in [0.2, 0.25) is 0 Å². The molecule has 1 aliphatic heterocycles. The molecule has 0 bridgehead atoms. The van der Waals surface area contributed by atoms with Gasteiger partial charge in [0.1, 0.15) is 11.6 Å². The summed E-state index contributed by atoms with van der Waals surface area (Å²) in [6, 6.07) is 15.0. The van der Waals surface area contributed by atoms with E-state index in [9.17, 15) is 17.6 Å². The zero-order valence-electron chi connectivity index (χ0n) is 16.2. The largest absolute Gasteiger partial charge is 0.493 e. The van der Waals surface area contributed by atoms with E-state index in [2.05, 4.69) is 0 Å². The number of amides is 1. The Morgan fingerprint density at radius 1 is 1.00 bits per heavy atom. The Bertz CT molecular complexity index is 913. The lowest BCUT2D eigenvalue weighted by atomic mass is 10.2. The molecule has 6 nitrogen and oxygen atoms in total. The summed E-state index contributed by atoms with van der Waals surface area (Å²) in [6.07, 6.45) is 0.827. The summed E-state index contributed by atoms with van der Waals surface area (Å²) >= 11 is 0. The molecule has 3 rings (SSSR count). The fourth-order valence-electron chi connectivity index (χ4n) is 3.22. The van der Waals surface area contributed by atoms with Crippen LogP contribution in [0.25, 0.3) is 0 Å². The van der Waals surface area contributed by atoms with Gasteiger partial charge < -0.3 is 9.64 Å². The van der Waals surface area contributed by atoms with E-state index < -0.39 is 10.0 Å². The molecule has 2 aromatic rings. The summed E-state index contributed by atoms with van der Waals surface area (Å²) in [7, 11) is -3.40. The monoisotopic (exact) mass is 420 g/mol. The van der Waals surface area contributed by atoms with Gasteiger partial charge in [0.15, 0.2) is 0 Å². The smallest absolute Gasteiger partial charge is 0.222 e. The van der Waals surface area contributed by atoms with E-state index in [0.717, 1.165) is 5.56 Å². The lowest BCUT2D eigenvalue weighted by Crippen LogP contribution is -2.50. The average Bonchev–Trinajstić information content (AvgIpc) is 2.72. The third-order valence-electron chi connectivity index (χ3n) is 4.78. The number of rotatable bonds is 8. The molecule has 156 valence electrons. The van der Waals surface area contributed by atoms with Crippen LogP contribution >= 0.6 is 0 Å². The first kappa shape index (κ1) is 21.3. The lowest BCUT2D eigenvalue weighted by Gasteiger charge is -2.34. The molecule has 1 saturated heterocycles. The maximum atomic E-state index is 13.1. The van der Waals surface area contributed by atoms with Crippen molar-refractivity contribution in [2.45, 2.75) is 18.6 Å². The molecule has 0 N–H and O–H groups in total. The van der Waals surface area contributed by atoms with Gasteiger partial charge in [-0.1, -0.05) is 36.4 Å². The number of carbonyl (C=O) groups is 1. The minimum absolute atomic E-state index is 0.0204. The fourth-order valence-corrected chi connectivity index (χ4v) is 4.74. The minimum Gasteiger partial charge on any atom is -0.493 e. The zero-order valence-corrected chi connectivity index (χ0v) is 17.0. The second-order valence-corrected chi connectivity index (χ2v) is 8.90. The number of sulfonamides is 1. The standard InChI is InChI=1S/C21H25FN2O4S/c22-19-8-4-9-20(16-19)28-15-5-10-21(25)23-11-13-24(14-12-23)29(26,27)17-18-6-2-1-3-7-18/h1-4,6-9,16H,5,10-15,17H2. The number of hydrogen-bond acceptors (Lipinski definition) is 4. The molecule has 0 spiro atoms. The predicted molar refractivity (Wildman–Crippen MR) is 108 cm³/mol. The summed E-state index contributed by atoms with van der Waals surface area (Å²) in [5.41, 5.74) is 0.754. The molecule has 0 aliphatic carbocycles. The van der Waals surface area contributed by atoms with E-state index in [1.54, 1.807) is 29.2 Å². The second kappa shape index (κ2) is 9.84. The molecule has 0 radical (unpaired) electrons. The number of hydrogen-bond donors (Lipinski definition) is 0. The van der Waals surface area contributed by atoms with Gasteiger partial charge in [-0.15, -0.1) is 0 Å². The Morgan fingerprint density at radius 3 is 2.41 bits per heavy atom.